The van der Waals surface area contributed by atoms with Crippen LogP contribution in [0.15, 0.2) is 58.5 Å². The minimum Gasteiger partial charge on any atom is -0.493 e. The Morgan fingerprint density at radius 2 is 1.94 bits per heavy atom. The molecule has 1 fully saturated rings. The second-order valence-electron chi connectivity index (χ2n) is 7.69. The maximum absolute atomic E-state index is 13.2. The first-order valence-electron chi connectivity index (χ1n) is 10.8. The van der Waals surface area contributed by atoms with E-state index in [9.17, 15) is 4.79 Å². The maximum Gasteiger partial charge on any atom is 0.262 e. The van der Waals surface area contributed by atoms with Crippen LogP contribution in [0.1, 0.15) is 12.0 Å². The van der Waals surface area contributed by atoms with Crippen LogP contribution in [0.3, 0.4) is 0 Å². The number of aryl methyl sites for hydroxylation is 1. The van der Waals surface area contributed by atoms with Gasteiger partial charge in [-0.15, -0.1) is 0 Å². The molecule has 7 heteroatoms. The number of thioether (sulfide) groups is 1. The van der Waals surface area contributed by atoms with Crippen LogP contribution in [0.25, 0.3) is 10.9 Å². The average Bonchev–Trinajstić information content (AvgIpc) is 2.79. The highest BCUT2D eigenvalue weighted by Crippen LogP contribution is 2.19. The SMILES string of the molecule is Cc1cccc(OCCSc2nc3ccccc3c(=O)n2CCCN2CCOCC2)c1. The van der Waals surface area contributed by atoms with E-state index in [4.69, 9.17) is 14.5 Å². The first-order valence-corrected chi connectivity index (χ1v) is 11.8. The van der Waals surface area contributed by atoms with Gasteiger partial charge in [-0.25, -0.2) is 4.98 Å². The van der Waals surface area contributed by atoms with E-state index in [2.05, 4.69) is 17.9 Å². The Morgan fingerprint density at radius 1 is 1.10 bits per heavy atom. The first kappa shape index (κ1) is 21.9. The monoisotopic (exact) mass is 439 g/mol. The van der Waals surface area contributed by atoms with Gasteiger partial charge in [-0.3, -0.25) is 14.3 Å². The van der Waals surface area contributed by atoms with Gasteiger partial charge in [0.05, 0.1) is 30.7 Å². The van der Waals surface area contributed by atoms with Gasteiger partial charge in [-0.05, 0) is 43.2 Å². The van der Waals surface area contributed by atoms with Gasteiger partial charge >= 0.3 is 0 Å². The summed E-state index contributed by atoms with van der Waals surface area (Å²) >= 11 is 1.58. The Hall–Kier alpha value is -2.35. The molecule has 0 bridgehead atoms. The number of rotatable bonds is 9. The Kier molecular flexibility index (Phi) is 7.61. The van der Waals surface area contributed by atoms with Gasteiger partial charge in [0, 0.05) is 31.9 Å². The molecule has 3 aromatic rings. The number of aromatic nitrogens is 2. The van der Waals surface area contributed by atoms with Crippen molar-refractivity contribution in [3.8, 4) is 5.75 Å². The number of para-hydroxylation sites is 1. The maximum atomic E-state index is 13.2. The zero-order valence-corrected chi connectivity index (χ0v) is 18.8. The number of hydrogen-bond acceptors (Lipinski definition) is 6. The molecule has 0 amide bonds. The number of nitrogens with zero attached hydrogens (tertiary/aromatic N) is 3. The fraction of sp³-hybridized carbons (Fsp3) is 0.417. The topological polar surface area (TPSA) is 56.6 Å². The summed E-state index contributed by atoms with van der Waals surface area (Å²) in [4.78, 5) is 20.4. The summed E-state index contributed by atoms with van der Waals surface area (Å²) in [5, 5.41) is 1.44. The second kappa shape index (κ2) is 10.8. The number of ether oxygens (including phenoxy) is 2. The van der Waals surface area contributed by atoms with E-state index >= 15 is 0 Å². The lowest BCUT2D eigenvalue weighted by molar-refractivity contribution is 0.0368. The summed E-state index contributed by atoms with van der Waals surface area (Å²) < 4.78 is 13.1. The largest absolute Gasteiger partial charge is 0.493 e. The molecule has 0 saturated carbocycles. The third-order valence-corrected chi connectivity index (χ3v) is 6.30. The van der Waals surface area contributed by atoms with E-state index < -0.39 is 0 Å². The smallest absolute Gasteiger partial charge is 0.262 e. The van der Waals surface area contributed by atoms with Crippen LogP contribution in [-0.2, 0) is 11.3 Å². The Balaban J connectivity index is 1.43. The molecule has 2 aromatic carbocycles. The van der Waals surface area contributed by atoms with Crippen LogP contribution in [0.4, 0.5) is 0 Å². The summed E-state index contributed by atoms with van der Waals surface area (Å²) in [6, 6.07) is 15.6. The minimum atomic E-state index is 0.0367. The Morgan fingerprint density at radius 3 is 2.77 bits per heavy atom. The number of morpholine rings is 1. The van der Waals surface area contributed by atoms with E-state index in [0.29, 0.717) is 18.5 Å². The van der Waals surface area contributed by atoms with Crippen LogP contribution in [-0.4, -0.2) is 59.7 Å². The zero-order chi connectivity index (χ0) is 21.5. The molecule has 31 heavy (non-hydrogen) atoms. The van der Waals surface area contributed by atoms with Crippen molar-refractivity contribution < 1.29 is 9.47 Å². The van der Waals surface area contributed by atoms with E-state index in [1.807, 2.05) is 47.0 Å². The van der Waals surface area contributed by atoms with Gasteiger partial charge in [0.15, 0.2) is 5.16 Å². The van der Waals surface area contributed by atoms with Crippen LogP contribution in [0, 0.1) is 6.92 Å². The first-order chi connectivity index (χ1) is 15.2. The Bertz CT molecular complexity index is 1060. The molecular formula is C24H29N3O3S. The lowest BCUT2D eigenvalue weighted by Crippen LogP contribution is -2.37. The fourth-order valence-electron chi connectivity index (χ4n) is 3.73. The fourth-order valence-corrected chi connectivity index (χ4v) is 4.57. The molecule has 1 aliphatic heterocycles. The quantitative estimate of drug-likeness (QED) is 0.289. The third-order valence-electron chi connectivity index (χ3n) is 5.36. The molecule has 0 N–H and O–H groups in total. The molecule has 0 radical (unpaired) electrons. The summed E-state index contributed by atoms with van der Waals surface area (Å²) in [6.45, 7) is 7.74. The van der Waals surface area contributed by atoms with E-state index in [1.165, 1.54) is 5.56 Å². The van der Waals surface area contributed by atoms with Gasteiger partial charge < -0.3 is 9.47 Å². The molecule has 1 aliphatic rings. The average molecular weight is 440 g/mol. The lowest BCUT2D eigenvalue weighted by atomic mass is 10.2. The predicted octanol–water partition coefficient (Wildman–Crippen LogP) is 3.60. The summed E-state index contributed by atoms with van der Waals surface area (Å²) in [5.41, 5.74) is 1.96. The van der Waals surface area contributed by atoms with Crippen molar-refractivity contribution in [1.29, 1.82) is 0 Å². The van der Waals surface area contributed by atoms with Crippen LogP contribution < -0.4 is 10.3 Å². The normalized spacial score (nSPS) is 14.7. The molecule has 4 rings (SSSR count). The van der Waals surface area contributed by atoms with Crippen molar-refractivity contribution in [2.24, 2.45) is 0 Å². The highest BCUT2D eigenvalue weighted by Gasteiger charge is 2.13. The van der Waals surface area contributed by atoms with E-state index in [1.54, 1.807) is 11.8 Å². The van der Waals surface area contributed by atoms with E-state index in [0.717, 1.165) is 61.4 Å². The lowest BCUT2D eigenvalue weighted by Gasteiger charge is -2.26. The van der Waals surface area contributed by atoms with Crippen molar-refractivity contribution in [1.82, 2.24) is 14.5 Å². The van der Waals surface area contributed by atoms with Crippen LogP contribution in [0.2, 0.25) is 0 Å². The molecule has 164 valence electrons. The second-order valence-corrected chi connectivity index (χ2v) is 8.75. The molecule has 6 nitrogen and oxygen atoms in total. The summed E-state index contributed by atoms with van der Waals surface area (Å²) in [5.74, 6) is 1.59. The number of fused-ring (bicyclic) bond motifs is 1. The van der Waals surface area contributed by atoms with Gasteiger partial charge in [-0.1, -0.05) is 36.0 Å². The Labute approximate surface area is 187 Å². The molecule has 0 aliphatic carbocycles. The van der Waals surface area contributed by atoms with Crippen molar-refractivity contribution in [2.45, 2.75) is 25.0 Å². The van der Waals surface area contributed by atoms with Crippen molar-refractivity contribution in [2.75, 3.05) is 45.2 Å². The van der Waals surface area contributed by atoms with Crippen LogP contribution in [0.5, 0.6) is 5.75 Å². The van der Waals surface area contributed by atoms with Crippen molar-refractivity contribution in [3.05, 3.63) is 64.4 Å². The molecule has 1 saturated heterocycles. The molecular weight excluding hydrogens is 410 g/mol. The van der Waals surface area contributed by atoms with Crippen molar-refractivity contribution in [3.63, 3.8) is 0 Å². The summed E-state index contributed by atoms with van der Waals surface area (Å²) in [7, 11) is 0. The molecule has 0 unspecified atom stereocenters. The molecule has 0 spiro atoms. The van der Waals surface area contributed by atoms with Gasteiger partial charge in [0.2, 0.25) is 0 Å². The standard InChI is InChI=1S/C24H29N3O3S/c1-19-6-4-7-20(18-19)30-16-17-31-24-25-22-9-3-2-8-21(22)23(28)27(24)11-5-10-26-12-14-29-15-13-26/h2-4,6-9,18H,5,10-17H2,1H3. The molecule has 0 atom stereocenters. The number of benzene rings is 2. The third kappa shape index (κ3) is 5.87. The van der Waals surface area contributed by atoms with Crippen molar-refractivity contribution >= 4 is 22.7 Å². The van der Waals surface area contributed by atoms with Crippen LogP contribution >= 0.6 is 11.8 Å². The van der Waals surface area contributed by atoms with E-state index in [-0.39, 0.29) is 5.56 Å². The minimum absolute atomic E-state index is 0.0367. The van der Waals surface area contributed by atoms with Gasteiger partial charge in [0.25, 0.3) is 5.56 Å². The van der Waals surface area contributed by atoms with Gasteiger partial charge in [0.1, 0.15) is 5.75 Å². The highest BCUT2D eigenvalue weighted by atomic mass is 32.2. The summed E-state index contributed by atoms with van der Waals surface area (Å²) in [6.07, 6.45) is 0.910. The number of hydrogen-bond donors (Lipinski definition) is 0. The predicted molar refractivity (Wildman–Crippen MR) is 125 cm³/mol. The highest BCUT2D eigenvalue weighted by molar-refractivity contribution is 7.99. The van der Waals surface area contributed by atoms with Gasteiger partial charge in [-0.2, -0.15) is 0 Å². The molecule has 2 heterocycles. The molecule has 1 aromatic heterocycles. The zero-order valence-electron chi connectivity index (χ0n) is 18.0.